The predicted molar refractivity (Wildman–Crippen MR) is 39.1 cm³/mol. The van der Waals surface area contributed by atoms with Gasteiger partial charge in [-0.3, -0.25) is 0 Å². The van der Waals surface area contributed by atoms with E-state index in [9.17, 15) is 22.8 Å². The molecule has 1 aromatic rings. The lowest BCUT2D eigenvalue weighted by Crippen LogP contribution is -2.14. The molecule has 0 spiro atoms. The minimum absolute atomic E-state index is 1.26. The van der Waals surface area contributed by atoms with Crippen molar-refractivity contribution in [2.24, 2.45) is 0 Å². The molecule has 0 atom stereocenters. The topological polar surface area (TPSA) is 74.6 Å². The number of carbonyl (C=O) groups is 2. The maximum atomic E-state index is 12.9. The van der Waals surface area contributed by atoms with E-state index in [1.54, 1.807) is 0 Å². The van der Waals surface area contributed by atoms with Crippen LogP contribution in [0.2, 0.25) is 0 Å². The van der Waals surface area contributed by atoms with Crippen molar-refractivity contribution in [2.75, 3.05) is 0 Å². The summed E-state index contributed by atoms with van der Waals surface area (Å²) < 4.78 is 37.9. The first-order valence-corrected chi connectivity index (χ1v) is 3.42. The average molecular weight is 219 g/mol. The van der Waals surface area contributed by atoms with Crippen molar-refractivity contribution in [2.45, 2.75) is 0 Å². The maximum Gasteiger partial charge on any atom is 0.339 e. The van der Waals surface area contributed by atoms with Crippen molar-refractivity contribution in [1.82, 2.24) is 0 Å². The van der Waals surface area contributed by atoms with E-state index in [4.69, 9.17) is 10.2 Å². The van der Waals surface area contributed by atoms with Gasteiger partial charge in [0.1, 0.15) is 5.56 Å². The summed E-state index contributed by atoms with van der Waals surface area (Å²) in [5.41, 5.74) is -2.72. The van der Waals surface area contributed by atoms with Gasteiger partial charge in [0.05, 0.1) is 5.56 Å². The third kappa shape index (κ3) is 1.76. The van der Waals surface area contributed by atoms with Crippen LogP contribution < -0.4 is 0 Å². The van der Waals surface area contributed by atoms with Gasteiger partial charge in [0.2, 0.25) is 0 Å². The lowest BCUT2D eigenvalue weighted by Gasteiger charge is -2.03. The molecule has 1 rings (SSSR count). The Morgan fingerprint density at radius 1 is 1.00 bits per heavy atom. The summed E-state index contributed by atoms with van der Waals surface area (Å²) in [6.45, 7) is 0. The van der Waals surface area contributed by atoms with Crippen LogP contribution in [0.25, 0.3) is 0 Å². The van der Waals surface area contributed by atoms with Gasteiger partial charge < -0.3 is 10.2 Å². The number of hydrogen-bond donors (Lipinski definition) is 2. The van der Waals surface area contributed by atoms with Crippen LogP contribution in [-0.2, 0) is 0 Å². The summed E-state index contributed by atoms with van der Waals surface area (Å²) in [7, 11) is 0. The van der Waals surface area contributed by atoms with Crippen molar-refractivity contribution >= 4 is 11.9 Å². The van der Waals surface area contributed by atoms with Crippen molar-refractivity contribution in [3.8, 4) is 0 Å². The van der Waals surface area contributed by atoms with E-state index in [0.29, 0.717) is 0 Å². The van der Waals surface area contributed by atoms with Crippen LogP contribution in [0.1, 0.15) is 20.7 Å². The lowest BCUT2D eigenvalue weighted by molar-refractivity contribution is 0.0644. The first-order chi connectivity index (χ1) is 6.86. The summed E-state index contributed by atoms with van der Waals surface area (Å²) >= 11 is 0. The van der Waals surface area contributed by atoms with Gasteiger partial charge in [-0.05, 0) is 0 Å². The van der Waals surface area contributed by atoms with Crippen molar-refractivity contribution in [3.63, 3.8) is 0 Å². The molecule has 1 radical (unpaired) electrons. The van der Waals surface area contributed by atoms with Gasteiger partial charge in [-0.15, -0.1) is 0 Å². The second kappa shape index (κ2) is 3.60. The van der Waals surface area contributed by atoms with Gasteiger partial charge in [-0.25, -0.2) is 22.8 Å². The molecule has 15 heavy (non-hydrogen) atoms. The number of benzene rings is 1. The molecule has 0 aliphatic carbocycles. The van der Waals surface area contributed by atoms with Gasteiger partial charge in [0.15, 0.2) is 17.5 Å². The lowest BCUT2D eigenvalue weighted by atomic mass is 10.1. The predicted octanol–water partition coefficient (Wildman–Crippen LogP) is 1.30. The highest BCUT2D eigenvalue weighted by molar-refractivity contribution is 6.01. The van der Waals surface area contributed by atoms with E-state index in [1.165, 1.54) is 6.07 Å². The first-order valence-electron chi connectivity index (χ1n) is 3.42. The van der Waals surface area contributed by atoms with Crippen LogP contribution in [0.15, 0.2) is 0 Å². The molecule has 79 valence electrons. The summed E-state index contributed by atoms with van der Waals surface area (Å²) in [6.07, 6.45) is 0. The number of rotatable bonds is 2. The van der Waals surface area contributed by atoms with Crippen LogP contribution >= 0.6 is 0 Å². The molecule has 0 aliphatic rings. The molecule has 2 N–H and O–H groups in total. The Hall–Kier alpha value is -2.05. The highest BCUT2D eigenvalue weighted by atomic mass is 19.2. The van der Waals surface area contributed by atoms with Gasteiger partial charge in [-0.1, -0.05) is 0 Å². The second-order valence-electron chi connectivity index (χ2n) is 2.43. The fourth-order valence-corrected chi connectivity index (χ4v) is 0.904. The molecule has 0 aliphatic heterocycles. The Morgan fingerprint density at radius 2 is 1.53 bits per heavy atom. The number of aromatic carboxylic acids is 2. The Kier molecular flexibility index (Phi) is 2.65. The van der Waals surface area contributed by atoms with Crippen LogP contribution in [0.5, 0.6) is 0 Å². The fraction of sp³-hybridized carbons (Fsp3) is 0. The van der Waals surface area contributed by atoms with Gasteiger partial charge in [-0.2, -0.15) is 0 Å². The van der Waals surface area contributed by atoms with E-state index >= 15 is 0 Å². The largest absolute Gasteiger partial charge is 0.478 e. The van der Waals surface area contributed by atoms with Crippen LogP contribution in [0.3, 0.4) is 0 Å². The summed E-state index contributed by atoms with van der Waals surface area (Å²) in [5, 5.41) is 16.8. The third-order valence-corrected chi connectivity index (χ3v) is 1.52. The minimum atomic E-state index is -2.07. The molecular weight excluding hydrogens is 217 g/mol. The number of carboxylic acid groups (broad SMARTS) is 2. The number of halogens is 3. The fourth-order valence-electron chi connectivity index (χ4n) is 0.904. The van der Waals surface area contributed by atoms with E-state index in [1.807, 2.05) is 0 Å². The van der Waals surface area contributed by atoms with Gasteiger partial charge >= 0.3 is 11.9 Å². The zero-order valence-electron chi connectivity index (χ0n) is 6.84. The first kappa shape index (κ1) is 11.0. The van der Waals surface area contributed by atoms with Crippen molar-refractivity contribution in [3.05, 3.63) is 34.6 Å². The molecule has 0 bridgehead atoms. The van der Waals surface area contributed by atoms with Crippen LogP contribution in [0.4, 0.5) is 13.2 Å². The molecule has 0 saturated carbocycles. The smallest absolute Gasteiger partial charge is 0.339 e. The molecule has 1 aromatic carbocycles. The van der Waals surface area contributed by atoms with E-state index in [2.05, 4.69) is 0 Å². The van der Waals surface area contributed by atoms with Crippen molar-refractivity contribution < 1.29 is 33.0 Å². The third-order valence-electron chi connectivity index (χ3n) is 1.52. The molecule has 0 saturated heterocycles. The zero-order valence-corrected chi connectivity index (χ0v) is 6.84. The molecule has 7 heteroatoms. The second-order valence-corrected chi connectivity index (χ2v) is 2.43. The normalized spacial score (nSPS) is 10.1. The van der Waals surface area contributed by atoms with Gasteiger partial charge in [0.25, 0.3) is 0 Å². The Morgan fingerprint density at radius 3 is 1.93 bits per heavy atom. The summed E-state index contributed by atoms with van der Waals surface area (Å²) in [5.74, 6) is -9.94. The van der Waals surface area contributed by atoms with Crippen LogP contribution in [-0.4, -0.2) is 22.2 Å². The molecule has 0 unspecified atom stereocenters. The van der Waals surface area contributed by atoms with E-state index in [-0.39, 0.29) is 0 Å². The molecule has 0 amide bonds. The Balaban J connectivity index is 3.65. The monoisotopic (exact) mass is 219 g/mol. The summed E-state index contributed by atoms with van der Waals surface area (Å²) in [4.78, 5) is 20.8. The minimum Gasteiger partial charge on any atom is -0.478 e. The molecule has 0 heterocycles. The maximum absolute atomic E-state index is 12.9. The van der Waals surface area contributed by atoms with E-state index < -0.39 is 40.5 Å². The average Bonchev–Trinajstić information content (AvgIpc) is 2.12. The quantitative estimate of drug-likeness (QED) is 0.735. The highest BCUT2D eigenvalue weighted by Gasteiger charge is 2.27. The Bertz CT molecular complexity index is 456. The van der Waals surface area contributed by atoms with Gasteiger partial charge in [0, 0.05) is 6.07 Å². The zero-order chi connectivity index (χ0) is 11.7. The molecule has 0 aromatic heterocycles. The SMILES string of the molecule is O=C(O)c1[c]c(F)c(F)c(F)c1C(=O)O. The summed E-state index contributed by atoms with van der Waals surface area (Å²) in [6, 6.07) is 1.30. The molecule has 0 fully saturated rings. The molecule has 4 nitrogen and oxygen atoms in total. The standard InChI is InChI=1S/C8H2F3O4/c9-3-1-2(7(12)13)4(8(14)15)6(11)5(3)10/h(H,12,13)(H,14,15). The number of hydrogen-bond acceptors (Lipinski definition) is 2. The highest BCUT2D eigenvalue weighted by Crippen LogP contribution is 2.19. The van der Waals surface area contributed by atoms with E-state index in [0.717, 1.165) is 0 Å². The Labute approximate surface area is 80.6 Å². The molecular formula is C8H2F3O4. The van der Waals surface area contributed by atoms with Crippen molar-refractivity contribution in [1.29, 1.82) is 0 Å². The van der Waals surface area contributed by atoms with Crippen LogP contribution in [0, 0.1) is 23.5 Å². The number of carboxylic acids is 2.